The average molecular weight is 543 g/mol. The van der Waals surface area contributed by atoms with E-state index in [1.165, 1.54) is 16.9 Å². The molecule has 178 valence electrons. The monoisotopic (exact) mass is 542 g/mol. The number of carbonyl (C=O) groups is 1. The van der Waals surface area contributed by atoms with E-state index >= 15 is 0 Å². The van der Waals surface area contributed by atoms with E-state index in [0.29, 0.717) is 43.4 Å². The molecule has 0 fully saturated rings. The Balaban J connectivity index is 1.97. The molecular weight excluding hydrogens is 516 g/mol. The zero-order valence-corrected chi connectivity index (χ0v) is 22.0. The van der Waals surface area contributed by atoms with Gasteiger partial charge in [-0.25, -0.2) is 9.79 Å². The van der Waals surface area contributed by atoms with Crippen LogP contribution in [0, 0.1) is 0 Å². The normalized spacial score (nSPS) is 16.1. The third-order valence-electron chi connectivity index (χ3n) is 5.68. The van der Waals surface area contributed by atoms with Crippen molar-refractivity contribution in [2.24, 2.45) is 4.99 Å². The second-order valence-electron chi connectivity index (χ2n) is 8.38. The molecule has 1 unspecified atom stereocenters. The number of carbonyl (C=O) groups excluding carboxylic acids is 1. The molecule has 6 nitrogen and oxygen atoms in total. The van der Waals surface area contributed by atoms with Gasteiger partial charge in [0.05, 0.1) is 28.5 Å². The summed E-state index contributed by atoms with van der Waals surface area (Å²) in [5.74, 6) is 0.504. The number of allylic oxidation sites excluding steroid dienone is 1. The Morgan fingerprint density at radius 2 is 1.97 bits per heavy atom. The van der Waals surface area contributed by atoms with E-state index in [4.69, 9.17) is 14.1 Å². The Bertz CT molecular complexity index is 1410. The van der Waals surface area contributed by atoms with E-state index in [9.17, 15) is 9.59 Å². The molecule has 0 saturated heterocycles. The summed E-state index contributed by atoms with van der Waals surface area (Å²) in [6.45, 7) is 8.34. The quantitative estimate of drug-likeness (QED) is 0.391. The maximum absolute atomic E-state index is 13.6. The van der Waals surface area contributed by atoms with Gasteiger partial charge in [0.15, 0.2) is 9.47 Å². The highest BCUT2D eigenvalue weighted by Gasteiger charge is 2.34. The highest BCUT2D eigenvalue weighted by atomic mass is 79.9. The van der Waals surface area contributed by atoms with Crippen molar-refractivity contribution in [3.63, 3.8) is 0 Å². The van der Waals surface area contributed by atoms with Gasteiger partial charge in [-0.1, -0.05) is 62.8 Å². The molecule has 8 heteroatoms. The minimum Gasteiger partial charge on any atom is -0.463 e. The van der Waals surface area contributed by atoms with Crippen molar-refractivity contribution in [3.8, 4) is 0 Å². The summed E-state index contributed by atoms with van der Waals surface area (Å²) >= 11 is 4.59. The van der Waals surface area contributed by atoms with Crippen LogP contribution in [-0.2, 0) is 9.53 Å². The molecule has 0 saturated carbocycles. The number of benzene rings is 1. The number of ether oxygens (including phenoxy) is 1. The molecule has 1 aliphatic heterocycles. The number of hydrogen-bond donors (Lipinski definition) is 0. The lowest BCUT2D eigenvalue weighted by molar-refractivity contribution is -0.139. The lowest BCUT2D eigenvalue weighted by Crippen LogP contribution is -2.40. The summed E-state index contributed by atoms with van der Waals surface area (Å²) in [7, 11) is 0. The molecule has 1 aliphatic rings. The van der Waals surface area contributed by atoms with Gasteiger partial charge in [0.25, 0.3) is 5.56 Å². The smallest absolute Gasteiger partial charge is 0.338 e. The molecule has 0 aliphatic carbocycles. The fourth-order valence-electron chi connectivity index (χ4n) is 4.03. The van der Waals surface area contributed by atoms with E-state index in [1.54, 1.807) is 29.7 Å². The minimum absolute atomic E-state index is 0.216. The summed E-state index contributed by atoms with van der Waals surface area (Å²) in [6.07, 6.45) is 3.14. The molecule has 0 amide bonds. The van der Waals surface area contributed by atoms with E-state index in [2.05, 4.69) is 41.9 Å². The molecule has 3 heterocycles. The van der Waals surface area contributed by atoms with Gasteiger partial charge < -0.3 is 9.15 Å². The van der Waals surface area contributed by atoms with Crippen molar-refractivity contribution in [2.75, 3.05) is 6.61 Å². The zero-order chi connectivity index (χ0) is 24.4. The van der Waals surface area contributed by atoms with Crippen LogP contribution in [0.4, 0.5) is 0 Å². The Morgan fingerprint density at radius 1 is 1.24 bits per heavy atom. The van der Waals surface area contributed by atoms with Crippen molar-refractivity contribution in [1.82, 2.24) is 4.57 Å². The number of esters is 1. The van der Waals surface area contributed by atoms with Crippen molar-refractivity contribution >= 4 is 39.3 Å². The van der Waals surface area contributed by atoms with Gasteiger partial charge in [-0.3, -0.25) is 9.36 Å². The highest BCUT2D eigenvalue weighted by molar-refractivity contribution is 9.10. The third-order valence-corrected chi connectivity index (χ3v) is 7.09. The maximum Gasteiger partial charge on any atom is 0.338 e. The molecule has 4 rings (SSSR count). The topological polar surface area (TPSA) is 73.8 Å². The summed E-state index contributed by atoms with van der Waals surface area (Å²) < 4.78 is 13.7. The van der Waals surface area contributed by atoms with Gasteiger partial charge >= 0.3 is 5.97 Å². The largest absolute Gasteiger partial charge is 0.463 e. The predicted octanol–water partition coefficient (Wildman–Crippen LogP) is 5.06. The third kappa shape index (κ3) is 4.74. The summed E-state index contributed by atoms with van der Waals surface area (Å²) in [6, 6.07) is 11.1. The fraction of sp³-hybridized carbons (Fsp3) is 0.346. The first-order chi connectivity index (χ1) is 16.3. The predicted molar refractivity (Wildman–Crippen MR) is 137 cm³/mol. The van der Waals surface area contributed by atoms with Gasteiger partial charge in [-0.15, -0.1) is 0 Å². The van der Waals surface area contributed by atoms with Crippen molar-refractivity contribution < 1.29 is 13.9 Å². The van der Waals surface area contributed by atoms with Crippen LogP contribution in [0.25, 0.3) is 6.08 Å². The van der Waals surface area contributed by atoms with Gasteiger partial charge in [-0.05, 0) is 58.5 Å². The van der Waals surface area contributed by atoms with E-state index in [1.807, 2.05) is 19.1 Å². The molecule has 3 aromatic rings. The van der Waals surface area contributed by atoms with Crippen LogP contribution in [0.15, 0.2) is 66.5 Å². The second-order valence-corrected chi connectivity index (χ2v) is 10.2. The number of aromatic nitrogens is 1. The Hall–Kier alpha value is -2.71. The van der Waals surface area contributed by atoms with Crippen molar-refractivity contribution in [2.45, 2.75) is 52.5 Å². The average Bonchev–Trinajstić information content (AvgIpc) is 3.35. The van der Waals surface area contributed by atoms with Gasteiger partial charge in [0.1, 0.15) is 5.76 Å². The SMILES string of the molecule is CCCC1=C(C(=O)OCC)C(c2ccc(C(C)C)cc2)n2c(s/c(=C\c3ccc(Br)o3)c2=O)=N1. The highest BCUT2D eigenvalue weighted by Crippen LogP contribution is 2.33. The maximum atomic E-state index is 13.6. The molecule has 0 bridgehead atoms. The molecular formula is C26H27BrN2O4S. The number of thiazole rings is 1. The van der Waals surface area contributed by atoms with Crippen LogP contribution in [0.3, 0.4) is 0 Å². The molecule has 34 heavy (non-hydrogen) atoms. The number of hydrogen-bond acceptors (Lipinski definition) is 6. The molecule has 2 aromatic heterocycles. The van der Waals surface area contributed by atoms with Crippen LogP contribution in [0.2, 0.25) is 0 Å². The van der Waals surface area contributed by atoms with E-state index in [-0.39, 0.29) is 12.2 Å². The van der Waals surface area contributed by atoms with Crippen LogP contribution < -0.4 is 14.9 Å². The Kier molecular flexibility index (Phi) is 7.38. The lowest BCUT2D eigenvalue weighted by atomic mass is 9.92. The molecule has 1 aromatic carbocycles. The second kappa shape index (κ2) is 10.3. The molecule has 1 atom stereocenters. The van der Waals surface area contributed by atoms with E-state index in [0.717, 1.165) is 12.0 Å². The summed E-state index contributed by atoms with van der Waals surface area (Å²) in [5.41, 5.74) is 2.93. The number of halogens is 1. The fourth-order valence-corrected chi connectivity index (χ4v) is 5.35. The molecule has 0 N–H and O–H groups in total. The zero-order valence-electron chi connectivity index (χ0n) is 19.6. The summed E-state index contributed by atoms with van der Waals surface area (Å²) in [4.78, 5) is 32.1. The van der Waals surface area contributed by atoms with Crippen LogP contribution in [-0.4, -0.2) is 17.1 Å². The van der Waals surface area contributed by atoms with Gasteiger partial charge in [0.2, 0.25) is 0 Å². The Labute approximate surface area is 210 Å². The lowest BCUT2D eigenvalue weighted by Gasteiger charge is -2.26. The van der Waals surface area contributed by atoms with Crippen LogP contribution >= 0.6 is 27.3 Å². The summed E-state index contributed by atoms with van der Waals surface area (Å²) in [5, 5.41) is 0. The number of rotatable bonds is 7. The minimum atomic E-state index is -0.608. The van der Waals surface area contributed by atoms with E-state index < -0.39 is 12.0 Å². The van der Waals surface area contributed by atoms with Gasteiger partial charge in [0, 0.05) is 6.08 Å². The number of furan rings is 1. The van der Waals surface area contributed by atoms with Crippen LogP contribution in [0.5, 0.6) is 0 Å². The molecule has 0 spiro atoms. The number of nitrogens with zero attached hydrogens (tertiary/aromatic N) is 2. The van der Waals surface area contributed by atoms with Crippen molar-refractivity contribution in [3.05, 3.63) is 88.9 Å². The van der Waals surface area contributed by atoms with Crippen molar-refractivity contribution in [1.29, 1.82) is 0 Å². The van der Waals surface area contributed by atoms with Gasteiger partial charge in [-0.2, -0.15) is 0 Å². The first-order valence-electron chi connectivity index (χ1n) is 11.4. The standard InChI is InChI=1S/C26H27BrN2O4S/c1-5-7-19-22(25(31)32-6-2)23(17-10-8-16(9-11-17)15(3)4)29-24(30)20(34-26(29)28-19)14-18-12-13-21(27)33-18/h8-15,23H,5-7H2,1-4H3/b20-14-. The number of fused-ring (bicyclic) bond motifs is 1. The Morgan fingerprint density at radius 3 is 2.56 bits per heavy atom. The first-order valence-corrected chi connectivity index (χ1v) is 13.0. The first kappa shape index (κ1) is 24.4. The molecule has 0 radical (unpaired) electrons. The van der Waals surface area contributed by atoms with Crippen LogP contribution in [0.1, 0.15) is 69.4 Å².